The fraction of sp³-hybridized carbons (Fsp3) is 0.250. The summed E-state index contributed by atoms with van der Waals surface area (Å²) >= 11 is 12.1. The summed E-state index contributed by atoms with van der Waals surface area (Å²) in [6.07, 6.45) is 1.93. The number of hydrogen-bond donors (Lipinski definition) is 1. The molecular weight excluding hydrogens is 277 g/mol. The van der Waals surface area contributed by atoms with E-state index in [4.69, 9.17) is 23.2 Å². The number of benzene rings is 2. The third kappa shape index (κ3) is 3.97. The van der Waals surface area contributed by atoms with Crippen molar-refractivity contribution >= 4 is 23.2 Å². The zero-order chi connectivity index (χ0) is 13.7. The number of halogens is 2. The van der Waals surface area contributed by atoms with E-state index in [9.17, 15) is 0 Å². The summed E-state index contributed by atoms with van der Waals surface area (Å²) in [7, 11) is 1.99. The summed E-state index contributed by atoms with van der Waals surface area (Å²) in [6.45, 7) is 0. The van der Waals surface area contributed by atoms with Gasteiger partial charge >= 0.3 is 0 Å². The largest absolute Gasteiger partial charge is 0.313 e. The first kappa shape index (κ1) is 14.4. The molecule has 0 aliphatic rings. The van der Waals surface area contributed by atoms with Crippen molar-refractivity contribution < 1.29 is 0 Å². The quantitative estimate of drug-likeness (QED) is 0.828. The topological polar surface area (TPSA) is 12.0 Å². The smallest absolute Gasteiger partial charge is 0.0452 e. The van der Waals surface area contributed by atoms with Crippen LogP contribution in [0.4, 0.5) is 0 Å². The molecule has 2 aromatic rings. The molecule has 0 spiro atoms. The molecule has 100 valence electrons. The average molecular weight is 294 g/mol. The van der Waals surface area contributed by atoms with Gasteiger partial charge in [0.15, 0.2) is 0 Å². The molecule has 1 unspecified atom stereocenters. The molecule has 19 heavy (non-hydrogen) atoms. The van der Waals surface area contributed by atoms with E-state index in [0.717, 1.165) is 23.4 Å². The number of nitrogens with one attached hydrogen (secondary N) is 1. The maximum absolute atomic E-state index is 6.20. The maximum Gasteiger partial charge on any atom is 0.0452 e. The minimum atomic E-state index is 0.341. The Kier molecular flexibility index (Phi) is 5.26. The lowest BCUT2D eigenvalue weighted by Crippen LogP contribution is -2.17. The van der Waals surface area contributed by atoms with Crippen LogP contribution in [0.5, 0.6) is 0 Å². The van der Waals surface area contributed by atoms with Gasteiger partial charge in [-0.05, 0) is 43.1 Å². The Morgan fingerprint density at radius 2 is 1.79 bits per heavy atom. The van der Waals surface area contributed by atoms with Gasteiger partial charge in [0.2, 0.25) is 0 Å². The van der Waals surface area contributed by atoms with Gasteiger partial charge in [0.1, 0.15) is 0 Å². The Morgan fingerprint density at radius 3 is 2.42 bits per heavy atom. The van der Waals surface area contributed by atoms with Gasteiger partial charge < -0.3 is 5.32 Å². The molecule has 3 heteroatoms. The first-order valence-electron chi connectivity index (χ1n) is 6.37. The minimum Gasteiger partial charge on any atom is -0.313 e. The van der Waals surface area contributed by atoms with E-state index in [0.29, 0.717) is 11.1 Å². The van der Waals surface area contributed by atoms with E-state index in [1.54, 1.807) is 6.07 Å². The van der Waals surface area contributed by atoms with Gasteiger partial charge in [0.05, 0.1) is 0 Å². The van der Waals surface area contributed by atoms with Gasteiger partial charge in [-0.25, -0.2) is 0 Å². The molecule has 0 amide bonds. The molecule has 0 saturated carbocycles. The fourth-order valence-corrected chi connectivity index (χ4v) is 2.69. The Hall–Kier alpha value is -1.02. The SMILES string of the molecule is CNC(CCc1ccc(Cl)cc1Cl)c1ccccc1. The molecule has 0 fully saturated rings. The summed E-state index contributed by atoms with van der Waals surface area (Å²) in [5.74, 6) is 0. The Labute approximate surface area is 124 Å². The van der Waals surface area contributed by atoms with Crippen molar-refractivity contribution in [2.45, 2.75) is 18.9 Å². The molecular formula is C16H17Cl2N. The van der Waals surface area contributed by atoms with Crippen molar-refractivity contribution in [2.24, 2.45) is 0 Å². The minimum absolute atomic E-state index is 0.341. The molecule has 1 atom stereocenters. The number of aryl methyl sites for hydroxylation is 1. The molecule has 0 aliphatic carbocycles. The lowest BCUT2D eigenvalue weighted by molar-refractivity contribution is 0.549. The molecule has 0 aliphatic heterocycles. The summed E-state index contributed by atoms with van der Waals surface area (Å²) in [5, 5.41) is 4.78. The van der Waals surface area contributed by atoms with Crippen molar-refractivity contribution in [1.29, 1.82) is 0 Å². The zero-order valence-corrected chi connectivity index (χ0v) is 12.4. The first-order chi connectivity index (χ1) is 9.20. The van der Waals surface area contributed by atoms with E-state index in [-0.39, 0.29) is 0 Å². The maximum atomic E-state index is 6.20. The van der Waals surface area contributed by atoms with Gasteiger partial charge in [0.25, 0.3) is 0 Å². The molecule has 0 heterocycles. The van der Waals surface area contributed by atoms with Crippen LogP contribution in [-0.4, -0.2) is 7.05 Å². The van der Waals surface area contributed by atoms with Crippen LogP contribution in [0.1, 0.15) is 23.6 Å². The van der Waals surface area contributed by atoms with Gasteiger partial charge in [-0.3, -0.25) is 0 Å². The Bertz CT molecular complexity index is 526. The number of hydrogen-bond acceptors (Lipinski definition) is 1. The second-order valence-electron chi connectivity index (χ2n) is 4.53. The lowest BCUT2D eigenvalue weighted by atomic mass is 9.99. The zero-order valence-electron chi connectivity index (χ0n) is 10.9. The van der Waals surface area contributed by atoms with E-state index in [1.807, 2.05) is 25.2 Å². The Balaban J connectivity index is 2.04. The summed E-state index contributed by atoms with van der Waals surface area (Å²) in [6, 6.07) is 16.5. The van der Waals surface area contributed by atoms with Crippen molar-refractivity contribution in [3.63, 3.8) is 0 Å². The highest BCUT2D eigenvalue weighted by Gasteiger charge is 2.10. The van der Waals surface area contributed by atoms with Gasteiger partial charge in [0, 0.05) is 16.1 Å². The molecule has 2 aromatic carbocycles. The second kappa shape index (κ2) is 6.95. The average Bonchev–Trinajstić information content (AvgIpc) is 2.43. The van der Waals surface area contributed by atoms with Crippen molar-refractivity contribution in [3.05, 3.63) is 69.7 Å². The summed E-state index contributed by atoms with van der Waals surface area (Å²) in [4.78, 5) is 0. The first-order valence-corrected chi connectivity index (χ1v) is 7.12. The molecule has 2 rings (SSSR count). The van der Waals surface area contributed by atoms with Gasteiger partial charge in [-0.1, -0.05) is 59.6 Å². The van der Waals surface area contributed by atoms with Crippen LogP contribution in [0.2, 0.25) is 10.0 Å². The molecule has 0 saturated heterocycles. The molecule has 0 bridgehead atoms. The lowest BCUT2D eigenvalue weighted by Gasteiger charge is -2.17. The van der Waals surface area contributed by atoms with E-state index in [1.165, 1.54) is 5.56 Å². The van der Waals surface area contributed by atoms with E-state index >= 15 is 0 Å². The molecule has 0 radical (unpaired) electrons. The third-order valence-corrected chi connectivity index (χ3v) is 3.85. The van der Waals surface area contributed by atoms with Crippen LogP contribution in [0.25, 0.3) is 0 Å². The highest BCUT2D eigenvalue weighted by molar-refractivity contribution is 6.35. The highest BCUT2D eigenvalue weighted by atomic mass is 35.5. The Morgan fingerprint density at radius 1 is 1.05 bits per heavy atom. The monoisotopic (exact) mass is 293 g/mol. The second-order valence-corrected chi connectivity index (χ2v) is 5.37. The molecule has 0 aromatic heterocycles. The van der Waals surface area contributed by atoms with Crippen LogP contribution < -0.4 is 5.32 Å². The standard InChI is InChI=1S/C16H17Cl2N/c1-19-16(13-5-3-2-4-6-13)10-8-12-7-9-14(17)11-15(12)18/h2-7,9,11,16,19H,8,10H2,1H3. The van der Waals surface area contributed by atoms with E-state index < -0.39 is 0 Å². The van der Waals surface area contributed by atoms with Crippen LogP contribution in [0.3, 0.4) is 0 Å². The van der Waals surface area contributed by atoms with Crippen LogP contribution in [-0.2, 0) is 6.42 Å². The molecule has 1 nitrogen and oxygen atoms in total. The summed E-state index contributed by atoms with van der Waals surface area (Å²) < 4.78 is 0. The summed E-state index contributed by atoms with van der Waals surface area (Å²) in [5.41, 5.74) is 2.44. The van der Waals surface area contributed by atoms with Crippen molar-refractivity contribution in [2.75, 3.05) is 7.05 Å². The highest BCUT2D eigenvalue weighted by Crippen LogP contribution is 2.25. The number of rotatable bonds is 5. The van der Waals surface area contributed by atoms with Gasteiger partial charge in [-0.15, -0.1) is 0 Å². The van der Waals surface area contributed by atoms with E-state index in [2.05, 4.69) is 29.6 Å². The third-order valence-electron chi connectivity index (χ3n) is 3.27. The predicted molar refractivity (Wildman–Crippen MR) is 83.0 cm³/mol. The van der Waals surface area contributed by atoms with Gasteiger partial charge in [-0.2, -0.15) is 0 Å². The predicted octanol–water partition coefficient (Wildman–Crippen LogP) is 4.89. The van der Waals surface area contributed by atoms with Crippen LogP contribution in [0, 0.1) is 0 Å². The molecule has 1 N–H and O–H groups in total. The van der Waals surface area contributed by atoms with Crippen molar-refractivity contribution in [1.82, 2.24) is 5.32 Å². The van der Waals surface area contributed by atoms with Crippen LogP contribution >= 0.6 is 23.2 Å². The van der Waals surface area contributed by atoms with Crippen molar-refractivity contribution in [3.8, 4) is 0 Å². The normalized spacial score (nSPS) is 12.4. The van der Waals surface area contributed by atoms with Crippen LogP contribution in [0.15, 0.2) is 48.5 Å². The fourth-order valence-electron chi connectivity index (χ4n) is 2.19.